The molecular weight excluding hydrogens is 461 g/mol. The highest BCUT2D eigenvalue weighted by Gasteiger charge is 2.49. The fourth-order valence-corrected chi connectivity index (χ4v) is 4.71. The first-order valence-corrected chi connectivity index (χ1v) is 11.6. The third-order valence-corrected chi connectivity index (χ3v) is 7.15. The quantitative estimate of drug-likeness (QED) is 0.686. The van der Waals surface area contributed by atoms with Gasteiger partial charge in [-0.1, -0.05) is 59.6 Å². The van der Waals surface area contributed by atoms with Gasteiger partial charge in [-0.2, -0.15) is 0 Å². The van der Waals surface area contributed by atoms with Crippen LogP contribution in [0.25, 0.3) is 0 Å². The number of carbonyl (C=O) groups is 2. The maximum atomic E-state index is 13.4. The molecule has 4 rings (SSSR count). The molecule has 6 nitrogen and oxygen atoms in total. The van der Waals surface area contributed by atoms with Crippen LogP contribution in [-0.2, 0) is 20.9 Å². The van der Waals surface area contributed by atoms with Crippen LogP contribution >= 0.6 is 23.2 Å². The lowest BCUT2D eigenvalue weighted by atomic mass is 9.92. The van der Waals surface area contributed by atoms with Crippen molar-refractivity contribution in [1.82, 2.24) is 15.1 Å². The molecule has 33 heavy (non-hydrogen) atoms. The summed E-state index contributed by atoms with van der Waals surface area (Å²) in [7, 11) is 1.78. The summed E-state index contributed by atoms with van der Waals surface area (Å²) in [5.41, 5.74) is 2.57. The minimum absolute atomic E-state index is 0.0945. The molecule has 2 aliphatic heterocycles. The zero-order valence-electron chi connectivity index (χ0n) is 18.9. The number of nitrogens with zero attached hydrogens (tertiary/aromatic N) is 2. The van der Waals surface area contributed by atoms with Crippen LogP contribution in [0.4, 0.5) is 0 Å². The summed E-state index contributed by atoms with van der Waals surface area (Å²) in [6, 6.07) is 14.3. The molecule has 2 heterocycles. The molecule has 0 aromatic heterocycles. The Bertz CT molecular complexity index is 1100. The molecule has 174 valence electrons. The van der Waals surface area contributed by atoms with Gasteiger partial charge in [-0.3, -0.25) is 9.59 Å². The van der Waals surface area contributed by atoms with E-state index in [0.717, 1.165) is 16.8 Å². The molecule has 2 amide bonds. The molecule has 0 spiro atoms. The number of likely N-dealkylation sites (N-methyl/N-ethyl adjacent to an activating group) is 1. The lowest BCUT2D eigenvalue weighted by Crippen LogP contribution is -2.46. The van der Waals surface area contributed by atoms with Gasteiger partial charge in [0.2, 0.25) is 5.91 Å². The maximum Gasteiger partial charge on any atom is 0.254 e. The van der Waals surface area contributed by atoms with Gasteiger partial charge in [0.1, 0.15) is 6.61 Å². The second kappa shape index (κ2) is 9.37. The second-order valence-electron chi connectivity index (χ2n) is 8.78. The number of rotatable bonds is 5. The van der Waals surface area contributed by atoms with Crippen molar-refractivity contribution in [3.05, 3.63) is 81.0 Å². The highest BCUT2D eigenvalue weighted by Crippen LogP contribution is 2.43. The van der Waals surface area contributed by atoms with Crippen molar-refractivity contribution < 1.29 is 14.3 Å². The lowest BCUT2D eigenvalue weighted by molar-refractivity contribution is -0.138. The van der Waals surface area contributed by atoms with Crippen LogP contribution in [0.1, 0.15) is 31.0 Å². The first-order valence-electron chi connectivity index (χ1n) is 10.8. The van der Waals surface area contributed by atoms with Crippen molar-refractivity contribution in [2.24, 2.45) is 0 Å². The van der Waals surface area contributed by atoms with E-state index in [1.165, 1.54) is 0 Å². The summed E-state index contributed by atoms with van der Waals surface area (Å²) >= 11 is 12.5. The Morgan fingerprint density at radius 1 is 1.15 bits per heavy atom. The highest BCUT2D eigenvalue weighted by atomic mass is 35.5. The van der Waals surface area contributed by atoms with Gasteiger partial charge in [0.25, 0.3) is 5.91 Å². The average molecular weight is 488 g/mol. The zero-order chi connectivity index (χ0) is 23.8. The number of benzene rings is 2. The number of amides is 2. The van der Waals surface area contributed by atoms with Crippen LogP contribution in [0, 0.1) is 0 Å². The van der Waals surface area contributed by atoms with Crippen molar-refractivity contribution in [2.75, 3.05) is 26.7 Å². The summed E-state index contributed by atoms with van der Waals surface area (Å²) in [6.45, 7) is 5.16. The molecule has 1 N–H and O–H groups in total. The molecule has 0 fully saturated rings. The molecule has 0 aliphatic carbocycles. The van der Waals surface area contributed by atoms with E-state index in [9.17, 15) is 9.59 Å². The van der Waals surface area contributed by atoms with Crippen molar-refractivity contribution in [2.45, 2.75) is 32.0 Å². The molecule has 8 heteroatoms. The van der Waals surface area contributed by atoms with E-state index in [1.54, 1.807) is 29.0 Å². The molecule has 0 saturated heterocycles. The van der Waals surface area contributed by atoms with Crippen LogP contribution in [-0.4, -0.2) is 53.9 Å². The molecule has 2 aromatic rings. The first kappa shape index (κ1) is 23.6. The fraction of sp³-hybridized carbons (Fsp3) is 0.360. The Labute approximate surface area is 204 Å². The Morgan fingerprint density at radius 2 is 1.88 bits per heavy atom. The Morgan fingerprint density at radius 3 is 2.58 bits per heavy atom. The van der Waals surface area contributed by atoms with Crippen molar-refractivity contribution >= 4 is 35.0 Å². The number of carbonyl (C=O) groups excluding carboxylic acids is 2. The number of ether oxygens (including phenoxy) is 1. The number of halogens is 2. The van der Waals surface area contributed by atoms with Gasteiger partial charge in [-0.25, -0.2) is 0 Å². The van der Waals surface area contributed by atoms with Gasteiger partial charge in [-0.05, 0) is 37.1 Å². The lowest BCUT2D eigenvalue weighted by Gasteiger charge is -2.33. The topological polar surface area (TPSA) is 61.9 Å². The molecule has 1 atom stereocenters. The molecular formula is C25H27Cl2N3O3. The minimum atomic E-state index is -0.602. The number of hydrogen-bond acceptors (Lipinski definition) is 4. The molecule has 0 radical (unpaired) electrons. The van der Waals surface area contributed by atoms with Crippen LogP contribution in [0.3, 0.4) is 0 Å². The van der Waals surface area contributed by atoms with Gasteiger partial charge in [0, 0.05) is 25.8 Å². The van der Waals surface area contributed by atoms with E-state index in [1.807, 2.05) is 50.2 Å². The molecule has 2 aliphatic rings. The minimum Gasteiger partial charge on any atom is -0.384 e. The summed E-state index contributed by atoms with van der Waals surface area (Å²) in [6.07, 6.45) is 0. The Hall–Kier alpha value is -2.54. The van der Waals surface area contributed by atoms with E-state index >= 15 is 0 Å². The third kappa shape index (κ3) is 4.47. The summed E-state index contributed by atoms with van der Waals surface area (Å²) < 4.78 is 5.73. The van der Waals surface area contributed by atoms with E-state index in [-0.39, 0.29) is 18.4 Å². The fourth-order valence-electron chi connectivity index (χ4n) is 4.40. The van der Waals surface area contributed by atoms with Gasteiger partial charge in [0.05, 0.1) is 33.8 Å². The SMILES string of the molecule is CN1C(=O)C2=C(NCCN(C(=O)COCc3ccccc3)C2c2ccc(Cl)c(Cl)c2)C1(C)C. The number of hydrogen-bond donors (Lipinski definition) is 1. The standard InChI is InChI=1S/C25H27Cl2N3O3/c1-25(2)23-21(24(32)29(25)3)22(17-9-10-18(26)19(27)13-17)30(12-11-28-23)20(31)15-33-14-16-7-5-4-6-8-16/h4-10,13,22,28H,11-12,14-15H2,1-3H3. The molecule has 1 unspecified atom stereocenters. The highest BCUT2D eigenvalue weighted by molar-refractivity contribution is 6.42. The molecule has 0 bridgehead atoms. The first-order chi connectivity index (χ1) is 15.7. The predicted molar refractivity (Wildman–Crippen MR) is 129 cm³/mol. The van der Waals surface area contributed by atoms with Crippen LogP contribution in [0.15, 0.2) is 59.8 Å². The summed E-state index contributed by atoms with van der Waals surface area (Å²) in [5, 5.41) is 4.20. The normalized spacial score (nSPS) is 19.9. The Balaban J connectivity index is 1.68. The summed E-state index contributed by atoms with van der Waals surface area (Å²) in [4.78, 5) is 30.2. The predicted octanol–water partition coefficient (Wildman–Crippen LogP) is 4.19. The Kier molecular flexibility index (Phi) is 6.71. The van der Waals surface area contributed by atoms with Crippen LogP contribution < -0.4 is 5.32 Å². The van der Waals surface area contributed by atoms with E-state index < -0.39 is 11.6 Å². The van der Waals surface area contributed by atoms with Gasteiger partial charge >= 0.3 is 0 Å². The monoisotopic (exact) mass is 487 g/mol. The van der Waals surface area contributed by atoms with E-state index in [4.69, 9.17) is 27.9 Å². The van der Waals surface area contributed by atoms with E-state index in [2.05, 4.69) is 5.32 Å². The van der Waals surface area contributed by atoms with Crippen molar-refractivity contribution in [3.63, 3.8) is 0 Å². The molecule has 2 aromatic carbocycles. The zero-order valence-corrected chi connectivity index (χ0v) is 20.4. The third-order valence-electron chi connectivity index (χ3n) is 6.41. The second-order valence-corrected chi connectivity index (χ2v) is 9.59. The smallest absolute Gasteiger partial charge is 0.254 e. The van der Waals surface area contributed by atoms with Gasteiger partial charge in [0.15, 0.2) is 0 Å². The van der Waals surface area contributed by atoms with Crippen LogP contribution in [0.2, 0.25) is 10.0 Å². The van der Waals surface area contributed by atoms with E-state index in [0.29, 0.717) is 35.3 Å². The van der Waals surface area contributed by atoms with Crippen molar-refractivity contribution in [1.29, 1.82) is 0 Å². The van der Waals surface area contributed by atoms with Gasteiger partial charge in [-0.15, -0.1) is 0 Å². The average Bonchev–Trinajstić information content (AvgIpc) is 2.94. The maximum absolute atomic E-state index is 13.4. The largest absolute Gasteiger partial charge is 0.384 e. The van der Waals surface area contributed by atoms with Crippen molar-refractivity contribution in [3.8, 4) is 0 Å². The number of nitrogens with one attached hydrogen (secondary N) is 1. The summed E-state index contributed by atoms with van der Waals surface area (Å²) in [5.74, 6) is -0.318. The van der Waals surface area contributed by atoms with Crippen LogP contribution in [0.5, 0.6) is 0 Å². The van der Waals surface area contributed by atoms with Gasteiger partial charge < -0.3 is 19.9 Å². The molecule has 0 saturated carbocycles.